The molecule has 0 aromatic heterocycles. The van der Waals surface area contributed by atoms with Gasteiger partial charge in [0.1, 0.15) is 0 Å². The Labute approximate surface area is 123 Å². The Balaban J connectivity index is 1.83. The Bertz CT molecular complexity index is 492. The smallest absolute Gasteiger partial charge is 0.334 e. The molecule has 2 unspecified atom stereocenters. The van der Waals surface area contributed by atoms with Gasteiger partial charge in [-0.15, -0.1) is 0 Å². The van der Waals surface area contributed by atoms with Crippen LogP contribution in [0.5, 0.6) is 0 Å². The van der Waals surface area contributed by atoms with Crippen molar-refractivity contribution in [1.82, 2.24) is 10.2 Å². The summed E-state index contributed by atoms with van der Waals surface area (Å²) in [4.78, 5) is 24.7. The molecular formula is C15H20N2O4. The van der Waals surface area contributed by atoms with Gasteiger partial charge in [-0.2, -0.15) is 0 Å². The van der Waals surface area contributed by atoms with E-state index in [-0.39, 0.29) is 25.0 Å². The minimum absolute atomic E-state index is 0.0741. The summed E-state index contributed by atoms with van der Waals surface area (Å²) >= 11 is 0. The zero-order valence-electron chi connectivity index (χ0n) is 12.0. The molecule has 1 aromatic rings. The topological polar surface area (TPSA) is 78.9 Å². The quantitative estimate of drug-likeness (QED) is 0.833. The van der Waals surface area contributed by atoms with Gasteiger partial charge in [-0.1, -0.05) is 30.3 Å². The molecule has 0 bridgehead atoms. The van der Waals surface area contributed by atoms with Gasteiger partial charge in [0.05, 0.1) is 19.2 Å². The normalized spacial score (nSPS) is 20.7. The molecular weight excluding hydrogens is 272 g/mol. The number of hydrogen-bond acceptors (Lipinski definition) is 4. The fourth-order valence-corrected chi connectivity index (χ4v) is 2.31. The van der Waals surface area contributed by atoms with Gasteiger partial charge in [-0.3, -0.25) is 9.69 Å². The predicted molar refractivity (Wildman–Crippen MR) is 76.8 cm³/mol. The van der Waals surface area contributed by atoms with Crippen LogP contribution in [0.25, 0.3) is 0 Å². The van der Waals surface area contributed by atoms with Gasteiger partial charge < -0.3 is 15.2 Å². The molecule has 2 N–H and O–H groups in total. The van der Waals surface area contributed by atoms with E-state index in [0.717, 1.165) is 5.56 Å². The summed E-state index contributed by atoms with van der Waals surface area (Å²) < 4.78 is 5.13. The molecule has 6 nitrogen and oxygen atoms in total. The molecule has 1 aliphatic rings. The lowest BCUT2D eigenvalue weighted by Gasteiger charge is -2.30. The van der Waals surface area contributed by atoms with Gasteiger partial charge in [0.2, 0.25) is 5.91 Å². The summed E-state index contributed by atoms with van der Waals surface area (Å²) in [7, 11) is 0. The average molecular weight is 292 g/mol. The number of carboxylic acids is 1. The molecule has 114 valence electrons. The number of carboxylic acid groups (broad SMARTS) is 1. The van der Waals surface area contributed by atoms with E-state index in [1.165, 1.54) is 0 Å². The second kappa shape index (κ2) is 7.19. The van der Waals surface area contributed by atoms with Gasteiger partial charge >= 0.3 is 5.97 Å². The highest BCUT2D eigenvalue weighted by molar-refractivity contribution is 5.78. The van der Waals surface area contributed by atoms with Crippen LogP contribution in [0.3, 0.4) is 0 Å². The number of carbonyl (C=O) groups excluding carboxylic acids is 1. The van der Waals surface area contributed by atoms with Crippen LogP contribution >= 0.6 is 0 Å². The molecule has 0 radical (unpaired) electrons. The maximum atomic E-state index is 12.0. The van der Waals surface area contributed by atoms with E-state index >= 15 is 0 Å². The zero-order valence-corrected chi connectivity index (χ0v) is 12.0. The van der Waals surface area contributed by atoms with Gasteiger partial charge in [0.25, 0.3) is 0 Å². The number of aliphatic carboxylic acids is 1. The van der Waals surface area contributed by atoms with Crippen LogP contribution in [0.15, 0.2) is 30.3 Å². The molecule has 1 amide bonds. The van der Waals surface area contributed by atoms with Crippen LogP contribution < -0.4 is 5.32 Å². The lowest BCUT2D eigenvalue weighted by Crippen LogP contribution is -2.49. The third-order valence-electron chi connectivity index (χ3n) is 3.47. The second-order valence-electron chi connectivity index (χ2n) is 5.13. The lowest BCUT2D eigenvalue weighted by molar-refractivity contribution is -0.156. The highest BCUT2D eigenvalue weighted by Gasteiger charge is 2.27. The predicted octanol–water partition coefficient (Wildman–Crippen LogP) is 0.649. The van der Waals surface area contributed by atoms with E-state index in [2.05, 4.69) is 5.32 Å². The van der Waals surface area contributed by atoms with Crippen molar-refractivity contribution in [3.63, 3.8) is 0 Å². The number of hydrogen-bond donors (Lipinski definition) is 2. The summed E-state index contributed by atoms with van der Waals surface area (Å²) in [6, 6.07) is 9.63. The van der Waals surface area contributed by atoms with Crippen molar-refractivity contribution in [2.45, 2.75) is 19.1 Å². The summed E-state index contributed by atoms with van der Waals surface area (Å²) in [5, 5.41) is 11.9. The molecule has 2 atom stereocenters. The Kier molecular flexibility index (Phi) is 5.30. The minimum atomic E-state index is -0.988. The van der Waals surface area contributed by atoms with Crippen LogP contribution in [-0.2, 0) is 14.3 Å². The molecule has 0 spiro atoms. The van der Waals surface area contributed by atoms with E-state index in [1.807, 2.05) is 37.3 Å². The van der Waals surface area contributed by atoms with Crippen molar-refractivity contribution in [3.8, 4) is 0 Å². The minimum Gasteiger partial charge on any atom is -0.479 e. The fourth-order valence-electron chi connectivity index (χ4n) is 2.31. The van der Waals surface area contributed by atoms with Crippen molar-refractivity contribution in [2.75, 3.05) is 26.2 Å². The third kappa shape index (κ3) is 4.54. The number of rotatable bonds is 5. The van der Waals surface area contributed by atoms with E-state index < -0.39 is 12.1 Å². The van der Waals surface area contributed by atoms with Crippen molar-refractivity contribution in [1.29, 1.82) is 0 Å². The highest BCUT2D eigenvalue weighted by atomic mass is 16.5. The number of nitrogens with one attached hydrogen (secondary N) is 1. The molecule has 1 heterocycles. The standard InChI is InChI=1S/C15H20N2O4/c1-11(12-5-3-2-4-6-12)16-14(18)10-17-7-8-21-13(9-17)15(19)20/h2-6,11,13H,7-10H2,1H3,(H,16,18)(H,19,20). The van der Waals surface area contributed by atoms with Gasteiger partial charge in [0.15, 0.2) is 6.10 Å². The molecule has 0 aliphatic carbocycles. The van der Waals surface area contributed by atoms with Crippen LogP contribution in [-0.4, -0.2) is 54.2 Å². The van der Waals surface area contributed by atoms with E-state index in [1.54, 1.807) is 4.90 Å². The SMILES string of the molecule is CC(NC(=O)CN1CCOC(C(=O)O)C1)c1ccccc1. The van der Waals surface area contributed by atoms with Crippen LogP contribution in [0, 0.1) is 0 Å². The number of nitrogens with zero attached hydrogens (tertiary/aromatic N) is 1. The first kappa shape index (κ1) is 15.5. The van der Waals surface area contributed by atoms with E-state index in [9.17, 15) is 9.59 Å². The number of ether oxygens (including phenoxy) is 1. The third-order valence-corrected chi connectivity index (χ3v) is 3.47. The van der Waals surface area contributed by atoms with Crippen LogP contribution in [0.1, 0.15) is 18.5 Å². The number of morpholine rings is 1. The molecule has 0 saturated carbocycles. The Morgan fingerprint density at radius 2 is 2.14 bits per heavy atom. The molecule has 1 fully saturated rings. The average Bonchev–Trinajstić information content (AvgIpc) is 2.48. The van der Waals surface area contributed by atoms with Crippen LogP contribution in [0.2, 0.25) is 0 Å². The summed E-state index contributed by atoms with van der Waals surface area (Å²) in [6.07, 6.45) is -0.849. The van der Waals surface area contributed by atoms with Crippen molar-refractivity contribution in [3.05, 3.63) is 35.9 Å². The monoisotopic (exact) mass is 292 g/mol. The summed E-state index contributed by atoms with van der Waals surface area (Å²) in [6.45, 7) is 3.24. The molecule has 6 heteroatoms. The van der Waals surface area contributed by atoms with Gasteiger partial charge in [0, 0.05) is 13.1 Å². The number of carbonyl (C=O) groups is 2. The Morgan fingerprint density at radius 1 is 1.43 bits per heavy atom. The fraction of sp³-hybridized carbons (Fsp3) is 0.467. The largest absolute Gasteiger partial charge is 0.479 e. The first-order chi connectivity index (χ1) is 10.1. The Morgan fingerprint density at radius 3 is 2.81 bits per heavy atom. The van der Waals surface area contributed by atoms with Gasteiger partial charge in [-0.05, 0) is 12.5 Å². The first-order valence-electron chi connectivity index (χ1n) is 6.97. The maximum absolute atomic E-state index is 12.0. The molecule has 21 heavy (non-hydrogen) atoms. The van der Waals surface area contributed by atoms with E-state index in [4.69, 9.17) is 9.84 Å². The second-order valence-corrected chi connectivity index (χ2v) is 5.13. The Hall–Kier alpha value is -1.92. The summed E-state index contributed by atoms with van der Waals surface area (Å²) in [5.74, 6) is -1.10. The first-order valence-corrected chi connectivity index (χ1v) is 6.97. The van der Waals surface area contributed by atoms with Gasteiger partial charge in [-0.25, -0.2) is 4.79 Å². The number of benzene rings is 1. The number of amides is 1. The zero-order chi connectivity index (χ0) is 15.2. The summed E-state index contributed by atoms with van der Waals surface area (Å²) in [5.41, 5.74) is 1.04. The van der Waals surface area contributed by atoms with Crippen LogP contribution in [0.4, 0.5) is 0 Å². The molecule has 2 rings (SSSR count). The highest BCUT2D eigenvalue weighted by Crippen LogP contribution is 2.11. The van der Waals surface area contributed by atoms with Crippen molar-refractivity contribution in [2.24, 2.45) is 0 Å². The molecule has 1 aliphatic heterocycles. The molecule has 1 saturated heterocycles. The van der Waals surface area contributed by atoms with Crippen molar-refractivity contribution >= 4 is 11.9 Å². The van der Waals surface area contributed by atoms with E-state index in [0.29, 0.717) is 13.2 Å². The van der Waals surface area contributed by atoms with Crippen molar-refractivity contribution < 1.29 is 19.4 Å². The maximum Gasteiger partial charge on any atom is 0.334 e. The molecule has 1 aromatic carbocycles. The lowest BCUT2D eigenvalue weighted by atomic mass is 10.1.